The molecule has 2 aromatic rings. The van der Waals surface area contributed by atoms with Gasteiger partial charge in [0.1, 0.15) is 5.82 Å². The average molecular weight is 352 g/mol. The van der Waals surface area contributed by atoms with Crippen LogP contribution in [0.2, 0.25) is 0 Å². The highest BCUT2D eigenvalue weighted by molar-refractivity contribution is 9.10. The molecule has 0 aliphatic heterocycles. The lowest BCUT2D eigenvalue weighted by Gasteiger charge is -2.19. The maximum Gasteiger partial charge on any atom is 0.332 e. The summed E-state index contributed by atoms with van der Waals surface area (Å²) in [5.41, 5.74) is 2.32. The van der Waals surface area contributed by atoms with Gasteiger partial charge in [0.25, 0.3) is 0 Å². The molecule has 1 unspecified atom stereocenters. The number of carbonyl (C=O) groups is 1. The molecule has 1 N–H and O–H groups in total. The molecule has 110 valence electrons. The summed E-state index contributed by atoms with van der Waals surface area (Å²) < 4.78 is 19.0. The van der Waals surface area contributed by atoms with E-state index in [1.807, 2.05) is 25.1 Å². The van der Waals surface area contributed by atoms with Gasteiger partial charge in [-0.15, -0.1) is 0 Å². The Morgan fingerprint density at radius 3 is 2.67 bits per heavy atom. The van der Waals surface area contributed by atoms with Crippen molar-refractivity contribution in [2.45, 2.75) is 13.0 Å². The van der Waals surface area contributed by atoms with Crippen molar-refractivity contribution in [2.24, 2.45) is 0 Å². The quantitative estimate of drug-likeness (QED) is 0.838. The van der Waals surface area contributed by atoms with Crippen molar-refractivity contribution in [1.29, 1.82) is 0 Å². The van der Waals surface area contributed by atoms with Gasteiger partial charge in [0.2, 0.25) is 0 Å². The van der Waals surface area contributed by atoms with E-state index in [4.69, 9.17) is 4.74 Å². The number of aryl methyl sites for hydroxylation is 1. The number of hydrogen-bond acceptors (Lipinski definition) is 3. The third kappa shape index (κ3) is 3.82. The molecule has 0 amide bonds. The van der Waals surface area contributed by atoms with Crippen LogP contribution in [0.15, 0.2) is 46.9 Å². The lowest BCUT2D eigenvalue weighted by atomic mass is 10.0. The number of hydrogen-bond donors (Lipinski definition) is 1. The van der Waals surface area contributed by atoms with E-state index in [0.29, 0.717) is 5.69 Å². The largest absolute Gasteiger partial charge is 0.467 e. The van der Waals surface area contributed by atoms with Crippen molar-refractivity contribution in [3.8, 4) is 0 Å². The first kappa shape index (κ1) is 15.5. The van der Waals surface area contributed by atoms with Crippen LogP contribution in [-0.4, -0.2) is 13.1 Å². The molecule has 0 saturated carbocycles. The first-order chi connectivity index (χ1) is 10.0. The number of esters is 1. The minimum Gasteiger partial charge on any atom is -0.467 e. The second-order valence-electron chi connectivity index (χ2n) is 4.62. The van der Waals surface area contributed by atoms with E-state index in [0.717, 1.165) is 15.6 Å². The molecule has 2 aromatic carbocycles. The third-order valence-corrected chi connectivity index (χ3v) is 3.96. The van der Waals surface area contributed by atoms with Gasteiger partial charge in [-0.3, -0.25) is 0 Å². The van der Waals surface area contributed by atoms with Crippen LogP contribution in [-0.2, 0) is 9.53 Å². The smallest absolute Gasteiger partial charge is 0.332 e. The molecule has 0 aliphatic carbocycles. The zero-order valence-electron chi connectivity index (χ0n) is 11.7. The molecule has 0 heterocycles. The van der Waals surface area contributed by atoms with Gasteiger partial charge in [-0.25, -0.2) is 9.18 Å². The van der Waals surface area contributed by atoms with Crippen LogP contribution < -0.4 is 5.32 Å². The number of benzene rings is 2. The van der Waals surface area contributed by atoms with Gasteiger partial charge in [0.05, 0.1) is 7.11 Å². The topological polar surface area (TPSA) is 38.3 Å². The predicted molar refractivity (Wildman–Crippen MR) is 83.7 cm³/mol. The Bertz CT molecular complexity index is 660. The summed E-state index contributed by atoms with van der Waals surface area (Å²) in [6.07, 6.45) is 0. The van der Waals surface area contributed by atoms with Crippen LogP contribution in [0.4, 0.5) is 10.1 Å². The number of halogens is 2. The number of carbonyl (C=O) groups excluding carboxylic acids is 1. The zero-order valence-corrected chi connectivity index (χ0v) is 13.3. The van der Waals surface area contributed by atoms with Crippen LogP contribution in [0.25, 0.3) is 0 Å². The fourth-order valence-corrected chi connectivity index (χ4v) is 2.33. The van der Waals surface area contributed by atoms with Crippen LogP contribution in [0.3, 0.4) is 0 Å². The fourth-order valence-electron chi connectivity index (χ4n) is 1.93. The molecular weight excluding hydrogens is 337 g/mol. The minimum atomic E-state index is -0.700. The van der Waals surface area contributed by atoms with E-state index < -0.39 is 12.0 Å². The first-order valence-corrected chi connectivity index (χ1v) is 7.16. The van der Waals surface area contributed by atoms with Gasteiger partial charge in [0.15, 0.2) is 6.04 Å². The molecule has 5 heteroatoms. The molecule has 2 rings (SSSR count). The molecule has 0 bridgehead atoms. The second kappa shape index (κ2) is 6.72. The Labute approximate surface area is 131 Å². The van der Waals surface area contributed by atoms with Gasteiger partial charge in [0, 0.05) is 10.2 Å². The molecule has 1 atom stereocenters. The number of anilines is 1. The van der Waals surface area contributed by atoms with Gasteiger partial charge in [-0.05, 0) is 42.3 Å². The van der Waals surface area contributed by atoms with E-state index in [2.05, 4.69) is 21.2 Å². The van der Waals surface area contributed by atoms with Gasteiger partial charge in [-0.2, -0.15) is 0 Å². The molecule has 3 nitrogen and oxygen atoms in total. The lowest BCUT2D eigenvalue weighted by Crippen LogP contribution is -2.22. The SMILES string of the molecule is COC(=O)C(Nc1cccc(F)c1)c1ccc(C)c(Br)c1. The minimum absolute atomic E-state index is 0.367. The Morgan fingerprint density at radius 1 is 1.29 bits per heavy atom. The normalized spacial score (nSPS) is 11.8. The highest BCUT2D eigenvalue weighted by Gasteiger charge is 2.22. The molecule has 0 spiro atoms. The summed E-state index contributed by atoms with van der Waals surface area (Å²) in [6.45, 7) is 1.96. The molecule has 0 aromatic heterocycles. The third-order valence-electron chi connectivity index (χ3n) is 3.10. The van der Waals surface area contributed by atoms with Crippen molar-refractivity contribution in [3.63, 3.8) is 0 Å². The Balaban J connectivity index is 2.34. The predicted octanol–water partition coefficient (Wildman–Crippen LogP) is 4.22. The Morgan fingerprint density at radius 2 is 2.05 bits per heavy atom. The Kier molecular flexibility index (Phi) is 4.96. The number of rotatable bonds is 4. The van der Waals surface area contributed by atoms with Crippen molar-refractivity contribution < 1.29 is 13.9 Å². The summed E-state index contributed by atoms with van der Waals surface area (Å²) >= 11 is 3.44. The summed E-state index contributed by atoms with van der Waals surface area (Å²) in [7, 11) is 1.33. The van der Waals surface area contributed by atoms with Crippen molar-refractivity contribution >= 4 is 27.6 Å². The molecule has 0 fully saturated rings. The average Bonchev–Trinajstić information content (AvgIpc) is 2.47. The molecule has 21 heavy (non-hydrogen) atoms. The van der Waals surface area contributed by atoms with Gasteiger partial charge >= 0.3 is 5.97 Å². The molecule has 0 radical (unpaired) electrons. The standard InChI is InChI=1S/C16H15BrFNO2/c1-10-6-7-11(8-14(10)17)15(16(20)21-2)19-13-5-3-4-12(18)9-13/h3-9,15,19H,1-2H3. The summed E-state index contributed by atoms with van der Waals surface area (Å²) in [5.74, 6) is -0.802. The number of methoxy groups -OCH3 is 1. The van der Waals surface area contributed by atoms with E-state index >= 15 is 0 Å². The van der Waals surface area contributed by atoms with Crippen molar-refractivity contribution in [1.82, 2.24) is 0 Å². The van der Waals surface area contributed by atoms with E-state index in [9.17, 15) is 9.18 Å². The van der Waals surface area contributed by atoms with Crippen LogP contribution in [0, 0.1) is 12.7 Å². The molecule has 0 aliphatic rings. The summed E-state index contributed by atoms with van der Waals surface area (Å²) in [5, 5.41) is 3.00. The van der Waals surface area contributed by atoms with E-state index in [-0.39, 0.29) is 5.82 Å². The van der Waals surface area contributed by atoms with Crippen molar-refractivity contribution in [3.05, 3.63) is 63.9 Å². The van der Waals surface area contributed by atoms with Gasteiger partial charge in [-0.1, -0.05) is 34.1 Å². The number of ether oxygens (including phenoxy) is 1. The van der Waals surface area contributed by atoms with Crippen molar-refractivity contribution in [2.75, 3.05) is 12.4 Å². The monoisotopic (exact) mass is 351 g/mol. The first-order valence-electron chi connectivity index (χ1n) is 6.37. The van der Waals surface area contributed by atoms with Gasteiger partial charge < -0.3 is 10.1 Å². The maximum absolute atomic E-state index is 13.3. The zero-order chi connectivity index (χ0) is 15.4. The highest BCUT2D eigenvalue weighted by atomic mass is 79.9. The molecule has 0 saturated heterocycles. The fraction of sp³-hybridized carbons (Fsp3) is 0.188. The summed E-state index contributed by atoms with van der Waals surface area (Å²) in [6, 6.07) is 10.9. The Hall–Kier alpha value is -1.88. The van der Waals surface area contributed by atoms with Crippen LogP contribution in [0.1, 0.15) is 17.2 Å². The number of nitrogens with one attached hydrogen (secondary N) is 1. The summed E-state index contributed by atoms with van der Waals surface area (Å²) in [4.78, 5) is 12.0. The van der Waals surface area contributed by atoms with E-state index in [1.165, 1.54) is 19.2 Å². The maximum atomic E-state index is 13.3. The molecular formula is C16H15BrFNO2. The van der Waals surface area contributed by atoms with Crippen LogP contribution >= 0.6 is 15.9 Å². The highest BCUT2D eigenvalue weighted by Crippen LogP contribution is 2.26. The van der Waals surface area contributed by atoms with E-state index in [1.54, 1.807) is 12.1 Å². The van der Waals surface area contributed by atoms with Crippen LogP contribution in [0.5, 0.6) is 0 Å². The second-order valence-corrected chi connectivity index (χ2v) is 5.47. The lowest BCUT2D eigenvalue weighted by molar-refractivity contribution is -0.141.